The Labute approximate surface area is 164 Å². The fourth-order valence-electron chi connectivity index (χ4n) is 3.55. The van der Waals surface area contributed by atoms with Gasteiger partial charge in [-0.2, -0.15) is 5.10 Å². The number of nitrogens with zero attached hydrogens (tertiary/aromatic N) is 4. The Kier molecular flexibility index (Phi) is 5.50. The number of rotatable bonds is 5. The van der Waals surface area contributed by atoms with Gasteiger partial charge in [-0.25, -0.2) is 4.39 Å². The lowest BCUT2D eigenvalue weighted by Gasteiger charge is -2.32. The van der Waals surface area contributed by atoms with E-state index in [2.05, 4.69) is 16.9 Å². The van der Waals surface area contributed by atoms with Gasteiger partial charge >= 0.3 is 0 Å². The van der Waals surface area contributed by atoms with Crippen molar-refractivity contribution in [3.8, 4) is 0 Å². The lowest BCUT2D eigenvalue weighted by atomic mass is 10.1. The first-order valence-electron chi connectivity index (χ1n) is 9.60. The summed E-state index contributed by atoms with van der Waals surface area (Å²) in [5.41, 5.74) is 5.41. The zero-order valence-corrected chi connectivity index (χ0v) is 16.3. The summed E-state index contributed by atoms with van der Waals surface area (Å²) in [5, 5.41) is 4.34. The minimum Gasteiger partial charge on any atom is -0.369 e. The third-order valence-electron chi connectivity index (χ3n) is 5.34. The highest BCUT2D eigenvalue weighted by Gasteiger charge is 2.24. The van der Waals surface area contributed by atoms with Crippen LogP contribution in [0.15, 0.2) is 48.7 Å². The summed E-state index contributed by atoms with van der Waals surface area (Å²) in [6, 6.07) is 12.6. The Morgan fingerprint density at radius 3 is 2.75 bits per heavy atom. The van der Waals surface area contributed by atoms with E-state index >= 15 is 0 Å². The molecule has 1 unspecified atom stereocenters. The summed E-state index contributed by atoms with van der Waals surface area (Å²) in [6.45, 7) is 5.37. The van der Waals surface area contributed by atoms with E-state index < -0.39 is 0 Å². The average Bonchev–Trinajstić information content (AvgIpc) is 3.02. The van der Waals surface area contributed by atoms with Crippen LogP contribution in [0.4, 0.5) is 4.39 Å². The molecule has 1 atom stereocenters. The van der Waals surface area contributed by atoms with Gasteiger partial charge in [0.15, 0.2) is 0 Å². The molecule has 4 rings (SSSR count). The highest BCUT2D eigenvalue weighted by atomic mass is 19.1. The number of aryl methyl sites for hydroxylation is 1. The van der Waals surface area contributed by atoms with E-state index in [0.29, 0.717) is 13.0 Å². The summed E-state index contributed by atoms with van der Waals surface area (Å²) in [6.07, 6.45) is 2.58. The Bertz CT molecular complexity index is 938. The zero-order chi connectivity index (χ0) is 19.5. The van der Waals surface area contributed by atoms with E-state index in [1.807, 2.05) is 36.1 Å². The molecule has 0 amide bonds. The number of hydrogen-bond donors (Lipinski definition) is 0. The van der Waals surface area contributed by atoms with Crippen LogP contribution in [0.25, 0.3) is 0 Å². The molecule has 0 saturated carbocycles. The van der Waals surface area contributed by atoms with Crippen molar-refractivity contribution in [1.82, 2.24) is 19.7 Å². The lowest BCUT2D eigenvalue weighted by Crippen LogP contribution is -2.38. The van der Waals surface area contributed by atoms with Crippen LogP contribution in [0.1, 0.15) is 34.3 Å². The molecule has 0 aliphatic carbocycles. The van der Waals surface area contributed by atoms with Crippen molar-refractivity contribution in [3.63, 3.8) is 0 Å². The number of hydrogen-bond acceptors (Lipinski definition) is 4. The maximum atomic E-state index is 13.1. The van der Waals surface area contributed by atoms with E-state index in [1.54, 1.807) is 12.1 Å². The Morgan fingerprint density at radius 2 is 2.00 bits per heavy atom. The van der Waals surface area contributed by atoms with E-state index in [0.717, 1.165) is 36.6 Å². The molecule has 28 heavy (non-hydrogen) atoms. The molecule has 1 aliphatic rings. The summed E-state index contributed by atoms with van der Waals surface area (Å²) in [4.78, 5) is 7.21. The molecular formula is C22H25FN4O. The predicted molar refractivity (Wildman–Crippen MR) is 105 cm³/mol. The zero-order valence-electron chi connectivity index (χ0n) is 16.3. The van der Waals surface area contributed by atoms with Gasteiger partial charge in [0.2, 0.25) is 0 Å². The van der Waals surface area contributed by atoms with E-state index in [9.17, 15) is 4.39 Å². The van der Waals surface area contributed by atoms with Gasteiger partial charge in [0.1, 0.15) is 11.9 Å². The van der Waals surface area contributed by atoms with Crippen molar-refractivity contribution in [2.24, 2.45) is 7.05 Å². The van der Waals surface area contributed by atoms with E-state index in [4.69, 9.17) is 9.72 Å². The van der Waals surface area contributed by atoms with Crippen LogP contribution in [-0.4, -0.2) is 39.4 Å². The largest absolute Gasteiger partial charge is 0.369 e. The van der Waals surface area contributed by atoms with Gasteiger partial charge in [0.25, 0.3) is 0 Å². The van der Waals surface area contributed by atoms with Crippen LogP contribution in [-0.2, 0) is 24.8 Å². The molecule has 1 aromatic carbocycles. The number of pyridine rings is 1. The van der Waals surface area contributed by atoms with Gasteiger partial charge in [0, 0.05) is 50.1 Å². The van der Waals surface area contributed by atoms with Crippen molar-refractivity contribution in [3.05, 3.63) is 82.7 Å². The first-order chi connectivity index (χ1) is 13.6. The smallest absolute Gasteiger partial charge is 0.123 e. The first kappa shape index (κ1) is 18.8. The molecule has 0 spiro atoms. The van der Waals surface area contributed by atoms with Crippen LogP contribution in [0.2, 0.25) is 0 Å². The Morgan fingerprint density at radius 1 is 1.18 bits per heavy atom. The van der Waals surface area contributed by atoms with Crippen molar-refractivity contribution in [1.29, 1.82) is 0 Å². The molecule has 2 aromatic heterocycles. The number of morpholine rings is 1. The lowest BCUT2D eigenvalue weighted by molar-refractivity contribution is -0.0351. The van der Waals surface area contributed by atoms with Crippen LogP contribution in [0, 0.1) is 12.7 Å². The van der Waals surface area contributed by atoms with Gasteiger partial charge in [0.05, 0.1) is 18.5 Å². The summed E-state index contributed by atoms with van der Waals surface area (Å²) < 4.78 is 21.0. The molecule has 146 valence electrons. The van der Waals surface area contributed by atoms with Crippen LogP contribution >= 0.6 is 0 Å². The second-order valence-electron chi connectivity index (χ2n) is 7.33. The topological polar surface area (TPSA) is 43.2 Å². The molecule has 1 aliphatic heterocycles. The molecule has 0 radical (unpaired) electrons. The fraction of sp³-hybridized carbons (Fsp3) is 0.364. The standard InChI is InChI=1S/C22H25FN4O/c1-16-18(13-24-26(16)2)14-27-10-11-28-22(15-27)21-5-3-4-20(25-21)12-17-6-8-19(23)9-7-17/h3-9,13,22H,10-12,14-15H2,1-2H3. The maximum Gasteiger partial charge on any atom is 0.123 e. The van der Waals surface area contributed by atoms with E-state index in [-0.39, 0.29) is 11.9 Å². The second-order valence-corrected chi connectivity index (χ2v) is 7.33. The first-order valence-corrected chi connectivity index (χ1v) is 9.60. The second kappa shape index (κ2) is 8.20. The number of halogens is 1. The highest BCUT2D eigenvalue weighted by molar-refractivity contribution is 5.24. The Hall–Kier alpha value is -2.57. The third kappa shape index (κ3) is 4.29. The van der Waals surface area contributed by atoms with Gasteiger partial charge in [-0.1, -0.05) is 18.2 Å². The van der Waals surface area contributed by atoms with Crippen molar-refractivity contribution in [2.45, 2.75) is 26.0 Å². The molecule has 5 nitrogen and oxygen atoms in total. The van der Waals surface area contributed by atoms with Crippen molar-refractivity contribution in [2.75, 3.05) is 19.7 Å². The summed E-state index contributed by atoms with van der Waals surface area (Å²) in [7, 11) is 1.97. The molecule has 6 heteroatoms. The third-order valence-corrected chi connectivity index (χ3v) is 5.34. The predicted octanol–water partition coefficient (Wildman–Crippen LogP) is 3.43. The SMILES string of the molecule is Cc1c(CN2CCOC(c3cccc(Cc4ccc(F)cc4)n3)C2)cnn1C. The van der Waals surface area contributed by atoms with Crippen LogP contribution < -0.4 is 0 Å². The van der Waals surface area contributed by atoms with Gasteiger partial charge in [-0.05, 0) is 36.8 Å². The molecule has 3 heterocycles. The Balaban J connectivity index is 1.44. The number of benzene rings is 1. The van der Waals surface area contributed by atoms with Crippen molar-refractivity contribution >= 4 is 0 Å². The normalized spacial score (nSPS) is 17.8. The molecule has 0 N–H and O–H groups in total. The minimum atomic E-state index is -0.218. The van der Waals surface area contributed by atoms with Crippen LogP contribution in [0.5, 0.6) is 0 Å². The van der Waals surface area contributed by atoms with Gasteiger partial charge < -0.3 is 4.74 Å². The average molecular weight is 380 g/mol. The molecule has 1 saturated heterocycles. The summed E-state index contributed by atoms with van der Waals surface area (Å²) in [5.74, 6) is -0.218. The molecule has 0 bridgehead atoms. The highest BCUT2D eigenvalue weighted by Crippen LogP contribution is 2.23. The molecule has 3 aromatic rings. The van der Waals surface area contributed by atoms with Crippen molar-refractivity contribution < 1.29 is 9.13 Å². The van der Waals surface area contributed by atoms with Crippen LogP contribution in [0.3, 0.4) is 0 Å². The quantitative estimate of drug-likeness (QED) is 0.680. The minimum absolute atomic E-state index is 0.0427. The number of aromatic nitrogens is 3. The monoisotopic (exact) mass is 380 g/mol. The molecular weight excluding hydrogens is 355 g/mol. The van der Waals surface area contributed by atoms with Gasteiger partial charge in [-0.15, -0.1) is 0 Å². The number of ether oxygens (including phenoxy) is 1. The summed E-state index contributed by atoms with van der Waals surface area (Å²) >= 11 is 0. The molecule has 1 fully saturated rings. The fourth-order valence-corrected chi connectivity index (χ4v) is 3.55. The van der Waals surface area contributed by atoms with Gasteiger partial charge in [-0.3, -0.25) is 14.6 Å². The maximum absolute atomic E-state index is 13.1. The van der Waals surface area contributed by atoms with E-state index in [1.165, 1.54) is 23.4 Å².